The number of aromatic amines is 1. The number of alkyl halides is 1. The van der Waals surface area contributed by atoms with Gasteiger partial charge >= 0.3 is 0 Å². The summed E-state index contributed by atoms with van der Waals surface area (Å²) in [7, 11) is 0. The summed E-state index contributed by atoms with van der Waals surface area (Å²) in [5, 5.41) is 1.87. The lowest BCUT2D eigenvalue weighted by atomic mass is 10.1. The fourth-order valence-corrected chi connectivity index (χ4v) is 3.67. The second-order valence-corrected chi connectivity index (χ2v) is 6.97. The highest BCUT2D eigenvalue weighted by molar-refractivity contribution is 6.24. The van der Waals surface area contributed by atoms with E-state index in [1.807, 2.05) is 17.1 Å². The minimum atomic E-state index is -0.234. The minimum absolute atomic E-state index is 0.0200. The number of piperazine rings is 1. The molecule has 1 N–H and O–H groups in total. The predicted molar refractivity (Wildman–Crippen MR) is 97.7 cm³/mol. The van der Waals surface area contributed by atoms with E-state index in [4.69, 9.17) is 11.6 Å². The molecular weight excluding hydrogens is 341 g/mol. The molecule has 1 aliphatic carbocycles. The summed E-state index contributed by atoms with van der Waals surface area (Å²) in [6, 6.07) is 6.50. The topological polar surface area (TPSA) is 39.3 Å². The highest BCUT2D eigenvalue weighted by Crippen LogP contribution is 2.17. The number of hydrogen-bond acceptors (Lipinski definition) is 2. The first-order valence-electron chi connectivity index (χ1n) is 8.45. The van der Waals surface area contributed by atoms with Crippen molar-refractivity contribution in [2.24, 2.45) is 0 Å². The van der Waals surface area contributed by atoms with Crippen LogP contribution in [0.1, 0.15) is 16.8 Å². The number of hydrogen-bond donors (Lipinski definition) is 1. The van der Waals surface area contributed by atoms with Gasteiger partial charge in [0.25, 0.3) is 5.91 Å². The smallest absolute Gasteiger partial charge is 0.256 e. The Balaban J connectivity index is 1.47. The summed E-state index contributed by atoms with van der Waals surface area (Å²) in [4.78, 5) is 20.1. The fraction of sp³-hybridized carbons (Fsp3) is 0.316. The van der Waals surface area contributed by atoms with Gasteiger partial charge in [0.05, 0.1) is 10.9 Å². The molecule has 1 atom stereocenters. The molecule has 4 nitrogen and oxygen atoms in total. The van der Waals surface area contributed by atoms with E-state index in [0.29, 0.717) is 18.7 Å². The number of aromatic nitrogens is 1. The van der Waals surface area contributed by atoms with Crippen molar-refractivity contribution in [3.63, 3.8) is 0 Å². The van der Waals surface area contributed by atoms with E-state index in [-0.39, 0.29) is 17.1 Å². The third-order valence-electron chi connectivity index (χ3n) is 4.84. The van der Waals surface area contributed by atoms with E-state index in [1.165, 1.54) is 12.1 Å². The zero-order valence-electron chi connectivity index (χ0n) is 13.7. The summed E-state index contributed by atoms with van der Waals surface area (Å²) >= 11 is 6.13. The number of benzene rings is 1. The Morgan fingerprint density at radius 1 is 1.16 bits per heavy atom. The van der Waals surface area contributed by atoms with Crippen LogP contribution in [0.25, 0.3) is 12.2 Å². The number of anilines is 1. The Bertz CT molecular complexity index is 898. The molecule has 4 rings (SSSR count). The molecule has 1 aliphatic heterocycles. The lowest BCUT2D eigenvalue weighted by molar-refractivity contribution is 0.0746. The number of carbonyl (C=O) groups is 1. The van der Waals surface area contributed by atoms with E-state index in [1.54, 1.807) is 18.3 Å². The molecule has 1 aromatic heterocycles. The minimum Gasteiger partial charge on any atom is -0.368 e. The number of halogens is 2. The number of amides is 1. The third-order valence-corrected chi connectivity index (χ3v) is 5.14. The molecule has 0 bridgehead atoms. The van der Waals surface area contributed by atoms with Gasteiger partial charge in [-0.2, -0.15) is 0 Å². The molecule has 1 amide bonds. The number of H-pyrrole nitrogens is 1. The lowest BCUT2D eigenvalue weighted by Crippen LogP contribution is -2.49. The van der Waals surface area contributed by atoms with E-state index >= 15 is 0 Å². The first-order chi connectivity index (χ1) is 12.1. The van der Waals surface area contributed by atoms with Gasteiger partial charge in [0.15, 0.2) is 0 Å². The number of nitrogens with one attached hydrogen (secondary N) is 1. The van der Waals surface area contributed by atoms with Crippen molar-refractivity contribution in [3.05, 3.63) is 52.4 Å². The van der Waals surface area contributed by atoms with E-state index in [0.717, 1.165) is 35.8 Å². The largest absolute Gasteiger partial charge is 0.368 e. The molecule has 25 heavy (non-hydrogen) atoms. The van der Waals surface area contributed by atoms with Crippen molar-refractivity contribution < 1.29 is 9.18 Å². The van der Waals surface area contributed by atoms with Crippen LogP contribution in [0, 0.1) is 5.82 Å². The van der Waals surface area contributed by atoms with Crippen LogP contribution in [0.15, 0.2) is 30.5 Å². The van der Waals surface area contributed by atoms with Crippen molar-refractivity contribution in [1.29, 1.82) is 0 Å². The summed E-state index contributed by atoms with van der Waals surface area (Å²) < 4.78 is 13.1. The van der Waals surface area contributed by atoms with Crippen LogP contribution < -0.4 is 15.5 Å². The number of carbonyl (C=O) groups excluding carboxylic acids is 1. The van der Waals surface area contributed by atoms with Crippen molar-refractivity contribution in [1.82, 2.24) is 9.88 Å². The lowest BCUT2D eigenvalue weighted by Gasteiger charge is -2.36. The summed E-state index contributed by atoms with van der Waals surface area (Å²) in [6.07, 6.45) is 6.51. The average Bonchev–Trinajstić information content (AvgIpc) is 3.05. The quantitative estimate of drug-likeness (QED) is 0.829. The van der Waals surface area contributed by atoms with Crippen LogP contribution in [-0.2, 0) is 0 Å². The maximum Gasteiger partial charge on any atom is 0.256 e. The van der Waals surface area contributed by atoms with Gasteiger partial charge in [0.1, 0.15) is 5.82 Å². The number of nitrogens with zero attached hydrogens (tertiary/aromatic N) is 2. The molecule has 2 aromatic rings. The molecule has 6 heteroatoms. The Labute approximate surface area is 150 Å². The van der Waals surface area contributed by atoms with Gasteiger partial charge in [-0.05, 0) is 36.8 Å². The Kier molecular flexibility index (Phi) is 4.25. The first-order valence-corrected chi connectivity index (χ1v) is 8.89. The highest BCUT2D eigenvalue weighted by atomic mass is 35.5. The summed E-state index contributed by atoms with van der Waals surface area (Å²) in [5.41, 5.74) is 1.70. The monoisotopic (exact) mass is 359 g/mol. The molecule has 0 radical (unpaired) electrons. The van der Waals surface area contributed by atoms with E-state index in [2.05, 4.69) is 9.88 Å². The molecule has 1 aromatic carbocycles. The van der Waals surface area contributed by atoms with Gasteiger partial charge in [-0.15, -0.1) is 11.6 Å². The molecular formula is C19H19ClFN3O. The van der Waals surface area contributed by atoms with Crippen LogP contribution >= 0.6 is 11.6 Å². The van der Waals surface area contributed by atoms with Crippen LogP contribution in [0.3, 0.4) is 0 Å². The van der Waals surface area contributed by atoms with Gasteiger partial charge in [0, 0.05) is 48.6 Å². The average molecular weight is 360 g/mol. The molecule has 130 valence electrons. The van der Waals surface area contributed by atoms with Gasteiger partial charge < -0.3 is 14.8 Å². The number of fused-ring (bicyclic) bond motifs is 1. The first kappa shape index (κ1) is 16.2. The van der Waals surface area contributed by atoms with Crippen LogP contribution in [0.2, 0.25) is 0 Å². The summed E-state index contributed by atoms with van der Waals surface area (Å²) in [6.45, 7) is 2.78. The predicted octanol–water partition coefficient (Wildman–Crippen LogP) is 1.69. The molecule has 1 unspecified atom stereocenters. The Morgan fingerprint density at radius 3 is 2.60 bits per heavy atom. The summed E-state index contributed by atoms with van der Waals surface area (Å²) in [5.74, 6) is -0.184. The number of rotatable bonds is 2. The SMILES string of the molecule is O=C(c1c[nH]c2c1=CCC(Cl)C=2)N1CCN(c2ccc(F)cc2)CC1. The van der Waals surface area contributed by atoms with Crippen LogP contribution in [0.4, 0.5) is 10.1 Å². The fourth-order valence-electron chi connectivity index (χ4n) is 3.45. The molecule has 2 aliphatic rings. The van der Waals surface area contributed by atoms with E-state index in [9.17, 15) is 9.18 Å². The normalized spacial score (nSPS) is 19.8. The maximum absolute atomic E-state index is 13.1. The zero-order valence-corrected chi connectivity index (χ0v) is 14.5. The molecule has 0 saturated carbocycles. The second kappa shape index (κ2) is 6.56. The van der Waals surface area contributed by atoms with Crippen LogP contribution in [0.5, 0.6) is 0 Å². The molecule has 1 saturated heterocycles. The second-order valence-electron chi connectivity index (χ2n) is 6.41. The van der Waals surface area contributed by atoms with Gasteiger partial charge in [-0.25, -0.2) is 4.39 Å². The van der Waals surface area contributed by atoms with Crippen molar-refractivity contribution in [2.75, 3.05) is 31.1 Å². The van der Waals surface area contributed by atoms with Gasteiger partial charge in [0.2, 0.25) is 0 Å². The zero-order chi connectivity index (χ0) is 17.4. The molecule has 1 fully saturated rings. The molecule has 2 heterocycles. The van der Waals surface area contributed by atoms with Crippen LogP contribution in [-0.4, -0.2) is 47.3 Å². The Hall–Kier alpha value is -2.27. The van der Waals surface area contributed by atoms with Crippen molar-refractivity contribution >= 4 is 35.3 Å². The third kappa shape index (κ3) is 3.16. The van der Waals surface area contributed by atoms with E-state index < -0.39 is 0 Å². The van der Waals surface area contributed by atoms with Crippen molar-refractivity contribution in [3.8, 4) is 0 Å². The van der Waals surface area contributed by atoms with Gasteiger partial charge in [-0.3, -0.25) is 4.79 Å². The maximum atomic E-state index is 13.1. The van der Waals surface area contributed by atoms with Crippen molar-refractivity contribution in [2.45, 2.75) is 11.8 Å². The highest BCUT2D eigenvalue weighted by Gasteiger charge is 2.24. The van der Waals surface area contributed by atoms with Gasteiger partial charge in [-0.1, -0.05) is 6.08 Å². The Morgan fingerprint density at radius 2 is 1.88 bits per heavy atom. The molecule has 0 spiro atoms. The standard InChI is InChI=1S/C19H19ClFN3O/c20-13-1-6-16-17(12-22-18(16)11-13)19(25)24-9-7-23(8-10-24)15-4-2-14(21)3-5-15/h2-6,11-13,22H,1,7-10H2.